The van der Waals surface area contributed by atoms with Crippen molar-refractivity contribution in [3.05, 3.63) is 11.3 Å². The summed E-state index contributed by atoms with van der Waals surface area (Å²) in [5, 5.41) is 3.55. The highest BCUT2D eigenvalue weighted by Gasteiger charge is 2.32. The first-order valence-electron chi connectivity index (χ1n) is 5.38. The summed E-state index contributed by atoms with van der Waals surface area (Å²) in [5.41, 5.74) is 5.37. The van der Waals surface area contributed by atoms with Gasteiger partial charge in [-0.3, -0.25) is 0 Å². The van der Waals surface area contributed by atoms with Gasteiger partial charge in [0.25, 0.3) is 0 Å². The number of methoxy groups -OCH3 is 1. The standard InChI is InChI=1S/C10H14F3N3O3/c1-3-19-9(17)7-6(4-18-2)8(14)16(15-7)5-10(11,12)13/h3-5,14H2,1-2H3. The van der Waals surface area contributed by atoms with Gasteiger partial charge < -0.3 is 15.2 Å². The highest BCUT2D eigenvalue weighted by atomic mass is 19.4. The molecule has 6 nitrogen and oxygen atoms in total. The van der Waals surface area contributed by atoms with E-state index in [9.17, 15) is 18.0 Å². The molecule has 0 radical (unpaired) electrons. The van der Waals surface area contributed by atoms with Gasteiger partial charge in [-0.25, -0.2) is 9.48 Å². The highest BCUT2D eigenvalue weighted by molar-refractivity contribution is 5.90. The second-order valence-corrected chi connectivity index (χ2v) is 3.64. The van der Waals surface area contributed by atoms with Gasteiger partial charge in [0.15, 0.2) is 5.69 Å². The number of alkyl halides is 3. The van der Waals surface area contributed by atoms with Gasteiger partial charge in [0.1, 0.15) is 12.4 Å². The number of esters is 1. The van der Waals surface area contributed by atoms with Crippen molar-refractivity contribution < 1.29 is 27.4 Å². The fourth-order valence-electron chi connectivity index (χ4n) is 1.45. The van der Waals surface area contributed by atoms with Gasteiger partial charge in [-0.15, -0.1) is 0 Å². The number of nitrogens with zero attached hydrogens (tertiary/aromatic N) is 2. The van der Waals surface area contributed by atoms with Crippen LogP contribution in [0.15, 0.2) is 0 Å². The molecule has 0 aliphatic heterocycles. The molecule has 1 aromatic heterocycles. The average Bonchev–Trinajstić information content (AvgIpc) is 2.57. The Hall–Kier alpha value is -1.77. The van der Waals surface area contributed by atoms with Crippen LogP contribution >= 0.6 is 0 Å². The van der Waals surface area contributed by atoms with Crippen molar-refractivity contribution in [1.29, 1.82) is 0 Å². The molecule has 108 valence electrons. The summed E-state index contributed by atoms with van der Waals surface area (Å²) in [4.78, 5) is 11.6. The first-order valence-corrected chi connectivity index (χ1v) is 5.38. The van der Waals surface area contributed by atoms with E-state index in [1.54, 1.807) is 6.92 Å². The van der Waals surface area contributed by atoms with Gasteiger partial charge in [-0.2, -0.15) is 18.3 Å². The Balaban J connectivity index is 3.15. The molecule has 0 aliphatic rings. The molecule has 0 aliphatic carbocycles. The summed E-state index contributed by atoms with van der Waals surface area (Å²) in [6.07, 6.45) is -4.49. The molecular weight excluding hydrogens is 267 g/mol. The number of rotatable bonds is 5. The largest absolute Gasteiger partial charge is 0.461 e. The van der Waals surface area contributed by atoms with Crippen molar-refractivity contribution in [3.63, 3.8) is 0 Å². The predicted molar refractivity (Wildman–Crippen MR) is 59.4 cm³/mol. The maximum absolute atomic E-state index is 12.3. The van der Waals surface area contributed by atoms with Gasteiger partial charge in [0, 0.05) is 7.11 Å². The van der Waals surface area contributed by atoms with Gasteiger partial charge in [0.2, 0.25) is 0 Å². The number of hydrogen-bond acceptors (Lipinski definition) is 5. The van der Waals surface area contributed by atoms with E-state index in [1.165, 1.54) is 7.11 Å². The molecule has 0 unspecified atom stereocenters. The highest BCUT2D eigenvalue weighted by Crippen LogP contribution is 2.24. The Labute approximate surface area is 107 Å². The third kappa shape index (κ3) is 3.85. The minimum Gasteiger partial charge on any atom is -0.461 e. The monoisotopic (exact) mass is 281 g/mol. The van der Waals surface area contributed by atoms with Crippen molar-refractivity contribution in [3.8, 4) is 0 Å². The maximum Gasteiger partial charge on any atom is 0.408 e. The van der Waals surface area contributed by atoms with Crippen LogP contribution in [0.4, 0.5) is 19.0 Å². The van der Waals surface area contributed by atoms with E-state index in [0.717, 1.165) is 0 Å². The number of anilines is 1. The van der Waals surface area contributed by atoms with E-state index in [0.29, 0.717) is 4.68 Å². The van der Waals surface area contributed by atoms with Crippen LogP contribution in [0.5, 0.6) is 0 Å². The van der Waals surface area contributed by atoms with Crippen molar-refractivity contribution in [2.24, 2.45) is 0 Å². The smallest absolute Gasteiger partial charge is 0.408 e. The molecule has 0 amide bonds. The fraction of sp³-hybridized carbons (Fsp3) is 0.600. The summed E-state index contributed by atoms with van der Waals surface area (Å²) in [5.74, 6) is -1.09. The third-order valence-electron chi connectivity index (χ3n) is 2.18. The summed E-state index contributed by atoms with van der Waals surface area (Å²) in [6, 6.07) is 0. The Morgan fingerprint density at radius 3 is 2.58 bits per heavy atom. The van der Waals surface area contributed by atoms with Crippen LogP contribution < -0.4 is 5.73 Å². The van der Waals surface area contributed by atoms with Crippen LogP contribution in [0.1, 0.15) is 23.0 Å². The second-order valence-electron chi connectivity index (χ2n) is 3.64. The number of halogens is 3. The molecule has 0 fully saturated rings. The fourth-order valence-corrected chi connectivity index (χ4v) is 1.45. The van der Waals surface area contributed by atoms with E-state index in [4.69, 9.17) is 15.2 Å². The summed E-state index contributed by atoms with van der Waals surface area (Å²) >= 11 is 0. The average molecular weight is 281 g/mol. The first-order chi connectivity index (χ1) is 8.80. The number of ether oxygens (including phenoxy) is 2. The lowest BCUT2D eigenvalue weighted by atomic mass is 10.2. The molecule has 0 atom stereocenters. The molecule has 19 heavy (non-hydrogen) atoms. The molecule has 0 saturated heterocycles. The maximum atomic E-state index is 12.3. The van der Waals surface area contributed by atoms with E-state index in [-0.39, 0.29) is 30.3 Å². The number of aromatic nitrogens is 2. The number of nitrogens with two attached hydrogens (primary N) is 1. The van der Waals surface area contributed by atoms with Crippen molar-refractivity contribution in [1.82, 2.24) is 9.78 Å². The number of nitrogen functional groups attached to an aromatic ring is 1. The lowest BCUT2D eigenvalue weighted by Crippen LogP contribution is -2.20. The van der Waals surface area contributed by atoms with Crippen LogP contribution in [-0.2, 0) is 22.6 Å². The molecule has 2 N–H and O–H groups in total. The molecule has 0 spiro atoms. The van der Waals surface area contributed by atoms with Crippen LogP contribution in [0.2, 0.25) is 0 Å². The van der Waals surface area contributed by atoms with Gasteiger partial charge >= 0.3 is 12.1 Å². The van der Waals surface area contributed by atoms with E-state index in [1.807, 2.05) is 0 Å². The molecule has 1 heterocycles. The van der Waals surface area contributed by atoms with Crippen molar-refractivity contribution in [2.75, 3.05) is 19.5 Å². The van der Waals surface area contributed by atoms with E-state index in [2.05, 4.69) is 5.10 Å². The normalized spacial score (nSPS) is 11.6. The first kappa shape index (κ1) is 15.3. The molecule has 0 saturated carbocycles. The topological polar surface area (TPSA) is 79.4 Å². The molecule has 9 heteroatoms. The lowest BCUT2D eigenvalue weighted by molar-refractivity contribution is -0.142. The predicted octanol–water partition coefficient (Wildman–Crippen LogP) is 1.35. The quantitative estimate of drug-likeness (QED) is 0.824. The minimum atomic E-state index is -4.49. The van der Waals surface area contributed by atoms with Crippen molar-refractivity contribution >= 4 is 11.8 Å². The van der Waals surface area contributed by atoms with Gasteiger partial charge in [0.05, 0.1) is 18.8 Å². The Kier molecular flexibility index (Phi) is 4.76. The van der Waals surface area contributed by atoms with Crippen LogP contribution in [0.3, 0.4) is 0 Å². The summed E-state index contributed by atoms with van der Waals surface area (Å²) < 4.78 is 47.0. The SMILES string of the molecule is CCOC(=O)c1nn(CC(F)(F)F)c(N)c1COC. The van der Waals surface area contributed by atoms with Gasteiger partial charge in [-0.05, 0) is 6.92 Å². The molecule has 0 aromatic carbocycles. The second kappa shape index (κ2) is 5.91. The van der Waals surface area contributed by atoms with Crippen LogP contribution in [0.25, 0.3) is 0 Å². The van der Waals surface area contributed by atoms with E-state index < -0.39 is 18.7 Å². The Morgan fingerprint density at radius 1 is 1.47 bits per heavy atom. The number of hydrogen-bond donors (Lipinski definition) is 1. The summed E-state index contributed by atoms with van der Waals surface area (Å²) in [6.45, 7) is 0.147. The molecular formula is C10H14F3N3O3. The number of carbonyl (C=O) groups is 1. The van der Waals surface area contributed by atoms with Crippen molar-refractivity contribution in [2.45, 2.75) is 26.3 Å². The Morgan fingerprint density at radius 2 is 2.11 bits per heavy atom. The van der Waals surface area contributed by atoms with Gasteiger partial charge in [-0.1, -0.05) is 0 Å². The zero-order valence-corrected chi connectivity index (χ0v) is 10.5. The lowest BCUT2D eigenvalue weighted by Gasteiger charge is -2.07. The van der Waals surface area contributed by atoms with E-state index >= 15 is 0 Å². The molecule has 1 rings (SSSR count). The summed E-state index contributed by atoms with van der Waals surface area (Å²) in [7, 11) is 1.33. The molecule has 1 aromatic rings. The molecule has 0 bridgehead atoms. The minimum absolute atomic E-state index is 0.0806. The van der Waals surface area contributed by atoms with Crippen LogP contribution in [-0.4, -0.2) is 35.6 Å². The Bertz CT molecular complexity index is 457. The zero-order chi connectivity index (χ0) is 14.6. The zero-order valence-electron chi connectivity index (χ0n) is 10.5. The number of carbonyl (C=O) groups excluding carboxylic acids is 1. The third-order valence-corrected chi connectivity index (χ3v) is 2.18. The van der Waals surface area contributed by atoms with Crippen LogP contribution in [0, 0.1) is 0 Å².